The average Bonchev–Trinajstić information content (AvgIpc) is 3.16. The lowest BCUT2D eigenvalue weighted by atomic mass is 10.0. The van der Waals surface area contributed by atoms with Crippen LogP contribution in [0.15, 0.2) is 30.5 Å². The van der Waals surface area contributed by atoms with E-state index in [1.54, 1.807) is 18.3 Å². The van der Waals surface area contributed by atoms with Gasteiger partial charge in [0, 0.05) is 17.8 Å². The highest BCUT2D eigenvalue weighted by molar-refractivity contribution is 6.22. The van der Waals surface area contributed by atoms with E-state index in [-0.39, 0.29) is 12.3 Å². The first-order chi connectivity index (χ1) is 12.9. The highest BCUT2D eigenvalue weighted by atomic mass is 16.2. The Labute approximate surface area is 157 Å². The maximum atomic E-state index is 12.6. The number of carbonyl (C=O) groups excluding carboxylic acids is 3. The van der Waals surface area contributed by atoms with E-state index in [1.807, 2.05) is 19.1 Å². The van der Waals surface area contributed by atoms with Crippen LogP contribution < -0.4 is 15.5 Å². The maximum Gasteiger partial charge on any atom is 0.329 e. The number of anilines is 1. The smallest absolute Gasteiger partial charge is 0.329 e. The number of urea groups is 1. The molecule has 1 aromatic heterocycles. The molecule has 2 aromatic rings. The van der Waals surface area contributed by atoms with Crippen molar-refractivity contribution in [2.24, 2.45) is 0 Å². The first-order valence-electron chi connectivity index (χ1n) is 8.86. The fraction of sp³-hybridized carbons (Fsp3) is 0.368. The van der Waals surface area contributed by atoms with E-state index in [9.17, 15) is 14.4 Å². The van der Waals surface area contributed by atoms with Gasteiger partial charge in [0.2, 0.25) is 5.91 Å². The SMILES string of the molecule is Cc1[nH]ncc1CNC(=O)C[C@@H]1NC(=O)N(c2ccc(C(C)C)cc2)C1=O. The molecular weight excluding hydrogens is 346 g/mol. The van der Waals surface area contributed by atoms with Gasteiger partial charge in [-0.1, -0.05) is 26.0 Å². The van der Waals surface area contributed by atoms with Crippen LogP contribution in [0, 0.1) is 6.92 Å². The number of nitrogens with one attached hydrogen (secondary N) is 3. The molecule has 142 valence electrons. The van der Waals surface area contributed by atoms with Crippen LogP contribution in [0.4, 0.5) is 10.5 Å². The fourth-order valence-corrected chi connectivity index (χ4v) is 2.93. The second-order valence-electron chi connectivity index (χ2n) is 6.92. The number of amides is 4. The summed E-state index contributed by atoms with van der Waals surface area (Å²) in [5.41, 5.74) is 3.36. The molecule has 0 radical (unpaired) electrons. The van der Waals surface area contributed by atoms with Crippen molar-refractivity contribution < 1.29 is 14.4 Å². The third-order valence-electron chi connectivity index (χ3n) is 4.64. The molecule has 3 N–H and O–H groups in total. The lowest BCUT2D eigenvalue weighted by Crippen LogP contribution is -2.36. The van der Waals surface area contributed by atoms with Crippen molar-refractivity contribution >= 4 is 23.5 Å². The molecule has 2 heterocycles. The van der Waals surface area contributed by atoms with E-state index in [0.29, 0.717) is 18.2 Å². The van der Waals surface area contributed by atoms with E-state index < -0.39 is 18.0 Å². The summed E-state index contributed by atoms with van der Waals surface area (Å²) in [7, 11) is 0. The van der Waals surface area contributed by atoms with Crippen molar-refractivity contribution in [3.8, 4) is 0 Å². The van der Waals surface area contributed by atoms with Crippen LogP contribution in [-0.4, -0.2) is 34.1 Å². The largest absolute Gasteiger partial charge is 0.352 e. The van der Waals surface area contributed by atoms with Crippen LogP contribution >= 0.6 is 0 Å². The van der Waals surface area contributed by atoms with E-state index in [2.05, 4.69) is 34.7 Å². The molecule has 1 fully saturated rings. The van der Waals surface area contributed by atoms with Crippen molar-refractivity contribution in [1.29, 1.82) is 0 Å². The molecule has 1 aliphatic heterocycles. The lowest BCUT2D eigenvalue weighted by molar-refractivity contribution is -0.125. The number of aryl methyl sites for hydroxylation is 1. The van der Waals surface area contributed by atoms with Crippen LogP contribution in [0.1, 0.15) is 43.0 Å². The molecule has 4 amide bonds. The number of imide groups is 1. The minimum atomic E-state index is -0.868. The van der Waals surface area contributed by atoms with Gasteiger partial charge in [-0.25, -0.2) is 9.69 Å². The Morgan fingerprint density at radius 3 is 2.56 bits per heavy atom. The Balaban J connectivity index is 1.61. The van der Waals surface area contributed by atoms with Crippen molar-refractivity contribution in [1.82, 2.24) is 20.8 Å². The summed E-state index contributed by atoms with van der Waals surface area (Å²) >= 11 is 0. The Morgan fingerprint density at radius 2 is 1.96 bits per heavy atom. The normalized spacial score (nSPS) is 16.7. The fourth-order valence-electron chi connectivity index (χ4n) is 2.93. The van der Waals surface area contributed by atoms with Crippen LogP contribution in [-0.2, 0) is 16.1 Å². The number of aromatic nitrogens is 2. The predicted octanol–water partition coefficient (Wildman–Crippen LogP) is 1.97. The summed E-state index contributed by atoms with van der Waals surface area (Å²) in [5.74, 6) is -0.379. The number of H-pyrrole nitrogens is 1. The topological polar surface area (TPSA) is 107 Å². The Morgan fingerprint density at radius 1 is 1.26 bits per heavy atom. The average molecular weight is 369 g/mol. The number of hydrogen-bond donors (Lipinski definition) is 3. The Bertz CT molecular complexity index is 856. The zero-order chi connectivity index (χ0) is 19.6. The van der Waals surface area contributed by atoms with Crippen LogP contribution in [0.3, 0.4) is 0 Å². The quantitative estimate of drug-likeness (QED) is 0.677. The monoisotopic (exact) mass is 369 g/mol. The van der Waals surface area contributed by atoms with E-state index in [4.69, 9.17) is 0 Å². The molecule has 1 saturated heterocycles. The molecule has 0 bridgehead atoms. The number of nitrogens with zero attached hydrogens (tertiary/aromatic N) is 2. The number of hydrogen-bond acceptors (Lipinski definition) is 4. The molecule has 1 atom stereocenters. The Hall–Kier alpha value is -3.16. The van der Waals surface area contributed by atoms with Crippen molar-refractivity contribution in [3.05, 3.63) is 47.3 Å². The minimum absolute atomic E-state index is 0.109. The third-order valence-corrected chi connectivity index (χ3v) is 4.64. The van der Waals surface area contributed by atoms with Gasteiger partial charge in [0.15, 0.2) is 0 Å². The van der Waals surface area contributed by atoms with Gasteiger partial charge in [-0.05, 0) is 30.5 Å². The summed E-state index contributed by atoms with van der Waals surface area (Å²) in [5, 5.41) is 12.0. The minimum Gasteiger partial charge on any atom is -0.352 e. The molecular formula is C19H23N5O3. The zero-order valence-corrected chi connectivity index (χ0v) is 15.6. The first-order valence-corrected chi connectivity index (χ1v) is 8.86. The third kappa shape index (κ3) is 3.99. The summed E-state index contributed by atoms with van der Waals surface area (Å²) in [6.45, 7) is 6.32. The molecule has 27 heavy (non-hydrogen) atoms. The maximum absolute atomic E-state index is 12.6. The van der Waals surface area contributed by atoms with Crippen molar-refractivity contribution in [2.45, 2.75) is 45.7 Å². The molecule has 3 rings (SSSR count). The zero-order valence-electron chi connectivity index (χ0n) is 15.6. The molecule has 1 aliphatic rings. The number of rotatable bonds is 6. The molecule has 1 aromatic carbocycles. The van der Waals surface area contributed by atoms with Gasteiger partial charge in [0.05, 0.1) is 18.3 Å². The number of aromatic amines is 1. The van der Waals surface area contributed by atoms with Gasteiger partial charge in [0.1, 0.15) is 6.04 Å². The molecule has 8 heteroatoms. The second-order valence-corrected chi connectivity index (χ2v) is 6.92. The summed E-state index contributed by atoms with van der Waals surface area (Å²) in [6, 6.07) is 5.91. The second kappa shape index (κ2) is 7.61. The van der Waals surface area contributed by atoms with Gasteiger partial charge in [-0.2, -0.15) is 5.10 Å². The van der Waals surface area contributed by atoms with Crippen LogP contribution in [0.5, 0.6) is 0 Å². The summed E-state index contributed by atoms with van der Waals surface area (Å²) < 4.78 is 0. The number of benzene rings is 1. The highest BCUT2D eigenvalue weighted by Crippen LogP contribution is 2.23. The van der Waals surface area contributed by atoms with Gasteiger partial charge in [-0.15, -0.1) is 0 Å². The van der Waals surface area contributed by atoms with E-state index in [1.165, 1.54) is 0 Å². The highest BCUT2D eigenvalue weighted by Gasteiger charge is 2.40. The van der Waals surface area contributed by atoms with E-state index in [0.717, 1.165) is 21.7 Å². The summed E-state index contributed by atoms with van der Waals surface area (Å²) in [6.07, 6.45) is 1.53. The molecule has 0 aliphatic carbocycles. The molecule has 8 nitrogen and oxygen atoms in total. The first kappa shape index (κ1) is 18.6. The van der Waals surface area contributed by atoms with Crippen LogP contribution in [0.25, 0.3) is 0 Å². The van der Waals surface area contributed by atoms with Crippen molar-refractivity contribution in [2.75, 3.05) is 4.90 Å². The standard InChI is InChI=1S/C19H23N5O3/c1-11(2)13-4-6-15(7-5-13)24-18(26)16(22-19(24)27)8-17(25)20-9-14-10-21-23-12(14)3/h4-7,10-11,16H,8-9H2,1-3H3,(H,20,25)(H,21,23)(H,22,27)/t16-/m0/s1. The molecule has 0 saturated carbocycles. The van der Waals surface area contributed by atoms with Crippen LogP contribution in [0.2, 0.25) is 0 Å². The van der Waals surface area contributed by atoms with Gasteiger partial charge in [0.25, 0.3) is 5.91 Å². The predicted molar refractivity (Wildman–Crippen MR) is 100 cm³/mol. The number of carbonyl (C=O) groups is 3. The van der Waals surface area contributed by atoms with E-state index >= 15 is 0 Å². The molecule has 0 unspecified atom stereocenters. The van der Waals surface area contributed by atoms with Gasteiger partial charge >= 0.3 is 6.03 Å². The van der Waals surface area contributed by atoms with Crippen molar-refractivity contribution in [3.63, 3.8) is 0 Å². The lowest BCUT2D eigenvalue weighted by Gasteiger charge is -2.14. The summed E-state index contributed by atoms with van der Waals surface area (Å²) in [4.78, 5) is 38.1. The van der Waals surface area contributed by atoms with Gasteiger partial charge in [-0.3, -0.25) is 14.7 Å². The Kier molecular flexibility index (Phi) is 5.25. The van der Waals surface area contributed by atoms with Gasteiger partial charge < -0.3 is 10.6 Å². The molecule has 0 spiro atoms.